The number of rotatable bonds is 8. The number of halogens is 1. The van der Waals surface area contributed by atoms with Crippen LogP contribution in [0.2, 0.25) is 5.02 Å². The van der Waals surface area contributed by atoms with Crippen molar-refractivity contribution in [2.24, 2.45) is 0 Å². The van der Waals surface area contributed by atoms with E-state index >= 15 is 0 Å². The molecule has 1 atom stereocenters. The van der Waals surface area contributed by atoms with Crippen LogP contribution in [0.5, 0.6) is 5.75 Å². The van der Waals surface area contributed by atoms with Gasteiger partial charge in [-0.15, -0.1) is 0 Å². The van der Waals surface area contributed by atoms with Crippen LogP contribution in [0.3, 0.4) is 0 Å². The Morgan fingerprint density at radius 1 is 1.17 bits per heavy atom. The van der Waals surface area contributed by atoms with E-state index in [2.05, 4.69) is 23.6 Å². The van der Waals surface area contributed by atoms with Gasteiger partial charge in [-0.1, -0.05) is 31.5 Å². The molecule has 1 N–H and O–H groups in total. The third kappa shape index (κ3) is 5.08. The van der Waals surface area contributed by atoms with Crippen LogP contribution in [0.15, 0.2) is 18.2 Å². The fourth-order valence-corrected chi connectivity index (χ4v) is 3.34. The van der Waals surface area contributed by atoms with Gasteiger partial charge in [0.25, 0.3) is 0 Å². The Balaban J connectivity index is 2.02. The van der Waals surface area contributed by atoms with E-state index in [-0.39, 0.29) is 12.6 Å². The summed E-state index contributed by atoms with van der Waals surface area (Å²) in [6, 6.07) is 5.89. The van der Waals surface area contributed by atoms with Crippen LogP contribution in [0.25, 0.3) is 0 Å². The van der Waals surface area contributed by atoms with Gasteiger partial charge in [-0.3, -0.25) is 4.90 Å². The topological polar surface area (TPSA) is 35.9 Å². The van der Waals surface area contributed by atoms with E-state index in [0.717, 1.165) is 50.5 Å². The van der Waals surface area contributed by atoms with Crippen molar-refractivity contribution in [3.63, 3.8) is 0 Å². The van der Waals surface area contributed by atoms with E-state index in [1.54, 1.807) is 0 Å². The zero-order valence-corrected chi connectivity index (χ0v) is 15.1. The lowest BCUT2D eigenvalue weighted by Crippen LogP contribution is -2.48. The number of benzene rings is 1. The molecule has 0 aliphatic carbocycles. The summed E-state index contributed by atoms with van der Waals surface area (Å²) in [7, 11) is 0. The van der Waals surface area contributed by atoms with Gasteiger partial charge in [0, 0.05) is 26.2 Å². The van der Waals surface area contributed by atoms with Crippen LogP contribution in [0, 0.1) is 0 Å². The summed E-state index contributed by atoms with van der Waals surface area (Å²) in [4.78, 5) is 4.84. The van der Waals surface area contributed by atoms with E-state index in [1.165, 1.54) is 6.42 Å². The van der Waals surface area contributed by atoms with Gasteiger partial charge in [0.05, 0.1) is 24.3 Å². The smallest absolute Gasteiger partial charge is 0.137 e. The molecule has 1 aromatic carbocycles. The molecule has 0 amide bonds. The van der Waals surface area contributed by atoms with Gasteiger partial charge in [0.15, 0.2) is 0 Å². The molecule has 2 rings (SSSR count). The third-order valence-electron chi connectivity index (χ3n) is 4.36. The number of hydrogen-bond acceptors (Lipinski definition) is 4. The van der Waals surface area contributed by atoms with E-state index < -0.39 is 0 Å². The highest BCUT2D eigenvalue weighted by molar-refractivity contribution is 6.32. The Morgan fingerprint density at radius 2 is 1.91 bits per heavy atom. The first-order valence-electron chi connectivity index (χ1n) is 8.69. The Bertz CT molecular complexity index is 476. The minimum absolute atomic E-state index is 0.0106. The zero-order valence-electron chi connectivity index (χ0n) is 14.3. The summed E-state index contributed by atoms with van der Waals surface area (Å²) in [5, 5.41) is 10.5. The number of hydrogen-bond donors (Lipinski definition) is 1. The van der Waals surface area contributed by atoms with Crippen molar-refractivity contribution in [3.05, 3.63) is 28.8 Å². The molecule has 0 bridgehead atoms. The summed E-state index contributed by atoms with van der Waals surface area (Å²) >= 11 is 6.34. The number of nitrogens with zero attached hydrogens (tertiary/aromatic N) is 2. The maximum Gasteiger partial charge on any atom is 0.137 e. The normalized spacial score (nSPS) is 18.1. The van der Waals surface area contributed by atoms with Crippen LogP contribution in [0.4, 0.5) is 0 Å². The third-order valence-corrected chi connectivity index (χ3v) is 4.66. The second kappa shape index (κ2) is 9.48. The van der Waals surface area contributed by atoms with Crippen LogP contribution in [-0.4, -0.2) is 60.8 Å². The van der Waals surface area contributed by atoms with Gasteiger partial charge >= 0.3 is 0 Å². The summed E-state index contributed by atoms with van der Waals surface area (Å²) in [6.45, 7) is 10.3. The largest absolute Gasteiger partial charge is 0.492 e. The van der Waals surface area contributed by atoms with E-state index in [1.807, 2.05) is 18.2 Å². The van der Waals surface area contributed by atoms with Crippen molar-refractivity contribution >= 4 is 11.6 Å². The van der Waals surface area contributed by atoms with Gasteiger partial charge in [0.1, 0.15) is 5.75 Å². The molecule has 0 spiro atoms. The maximum atomic E-state index is 9.87. The van der Waals surface area contributed by atoms with Crippen molar-refractivity contribution in [2.75, 3.05) is 45.9 Å². The lowest BCUT2D eigenvalue weighted by molar-refractivity contribution is 0.0651. The Labute approximate surface area is 145 Å². The molecule has 1 heterocycles. The van der Waals surface area contributed by atoms with E-state index in [9.17, 15) is 5.11 Å². The number of piperazine rings is 1. The van der Waals surface area contributed by atoms with Crippen LogP contribution in [0.1, 0.15) is 38.3 Å². The standard InChI is InChI=1S/C18H29ClN2O2/c1-3-7-20-8-10-21(11-9-20)17(14-22)15-5-6-18(16(19)13-15)23-12-4-2/h5-6,13,17,22H,3-4,7-12,14H2,1-2H3. The SMILES string of the molecule is CCCOc1ccc(C(CO)N2CCN(CCC)CC2)cc1Cl. The van der Waals surface area contributed by atoms with Gasteiger partial charge in [0.2, 0.25) is 0 Å². The molecule has 0 radical (unpaired) electrons. The first kappa shape index (κ1) is 18.5. The fraction of sp³-hybridized carbons (Fsp3) is 0.667. The molecule has 1 unspecified atom stereocenters. The number of aliphatic hydroxyl groups is 1. The van der Waals surface area contributed by atoms with Gasteiger partial charge in [-0.05, 0) is 37.1 Å². The highest BCUT2D eigenvalue weighted by Crippen LogP contribution is 2.30. The molecule has 1 aliphatic rings. The minimum Gasteiger partial charge on any atom is -0.492 e. The van der Waals surface area contributed by atoms with Gasteiger partial charge in [-0.2, -0.15) is 0 Å². The molecular weight excluding hydrogens is 312 g/mol. The summed E-state index contributed by atoms with van der Waals surface area (Å²) in [5.74, 6) is 0.724. The quantitative estimate of drug-likeness (QED) is 0.788. The van der Waals surface area contributed by atoms with Crippen molar-refractivity contribution in [1.82, 2.24) is 9.80 Å². The molecule has 4 nitrogen and oxygen atoms in total. The average Bonchev–Trinajstić information content (AvgIpc) is 2.56. The second-order valence-corrected chi connectivity index (χ2v) is 6.52. The fourth-order valence-electron chi connectivity index (χ4n) is 3.10. The first-order valence-corrected chi connectivity index (χ1v) is 9.06. The summed E-state index contributed by atoms with van der Waals surface area (Å²) < 4.78 is 5.63. The van der Waals surface area contributed by atoms with Crippen molar-refractivity contribution in [2.45, 2.75) is 32.7 Å². The van der Waals surface area contributed by atoms with Crippen LogP contribution in [-0.2, 0) is 0 Å². The molecule has 1 saturated heterocycles. The Kier molecular flexibility index (Phi) is 7.63. The van der Waals surface area contributed by atoms with Gasteiger partial charge in [-0.25, -0.2) is 0 Å². The second-order valence-electron chi connectivity index (χ2n) is 6.11. The highest BCUT2D eigenvalue weighted by Gasteiger charge is 2.24. The molecule has 1 aromatic rings. The van der Waals surface area contributed by atoms with Crippen molar-refractivity contribution < 1.29 is 9.84 Å². The lowest BCUT2D eigenvalue weighted by atomic mass is 10.0. The monoisotopic (exact) mass is 340 g/mol. The van der Waals surface area contributed by atoms with Crippen LogP contribution >= 0.6 is 11.6 Å². The summed E-state index contributed by atoms with van der Waals surface area (Å²) in [6.07, 6.45) is 2.15. The summed E-state index contributed by atoms with van der Waals surface area (Å²) in [5.41, 5.74) is 1.06. The zero-order chi connectivity index (χ0) is 16.7. The molecule has 23 heavy (non-hydrogen) atoms. The Hall–Kier alpha value is -0.810. The molecular formula is C18H29ClN2O2. The molecule has 5 heteroatoms. The Morgan fingerprint density at radius 3 is 2.48 bits per heavy atom. The molecule has 1 fully saturated rings. The van der Waals surface area contributed by atoms with E-state index in [4.69, 9.17) is 16.3 Å². The van der Waals surface area contributed by atoms with Crippen molar-refractivity contribution in [1.29, 1.82) is 0 Å². The lowest BCUT2D eigenvalue weighted by Gasteiger charge is -2.38. The van der Waals surface area contributed by atoms with E-state index in [0.29, 0.717) is 11.6 Å². The average molecular weight is 341 g/mol. The molecule has 1 aliphatic heterocycles. The molecule has 130 valence electrons. The number of aliphatic hydroxyl groups excluding tert-OH is 1. The maximum absolute atomic E-state index is 9.87. The highest BCUT2D eigenvalue weighted by atomic mass is 35.5. The van der Waals surface area contributed by atoms with Crippen LogP contribution < -0.4 is 4.74 Å². The number of ether oxygens (including phenoxy) is 1. The molecule has 0 aromatic heterocycles. The van der Waals surface area contributed by atoms with Crippen molar-refractivity contribution in [3.8, 4) is 5.75 Å². The predicted molar refractivity (Wildman–Crippen MR) is 95.4 cm³/mol. The minimum atomic E-state index is 0.0106. The first-order chi connectivity index (χ1) is 11.2. The predicted octanol–water partition coefficient (Wildman–Crippen LogP) is 3.19. The van der Waals surface area contributed by atoms with Gasteiger partial charge < -0.3 is 14.7 Å². The molecule has 0 saturated carbocycles.